The highest BCUT2D eigenvalue weighted by molar-refractivity contribution is 8.00. The molecule has 0 atom stereocenters. The topological polar surface area (TPSA) is 46.2 Å². The van der Waals surface area contributed by atoms with Crippen LogP contribution >= 0.6 is 46.6 Å². The number of Topliss-reactive ketones (excluding diaryl/α,β-unsaturated/α-hetero) is 1. The highest BCUT2D eigenvalue weighted by atomic mass is 35.5. The first-order valence-corrected chi connectivity index (χ1v) is 10.8. The molecule has 0 spiro atoms. The maximum absolute atomic E-state index is 12.4. The molecular formula is C22H16Cl3NO2S. The van der Waals surface area contributed by atoms with E-state index in [-0.39, 0.29) is 23.9 Å². The minimum Gasteiger partial charge on any atom is -0.326 e. The first-order chi connectivity index (χ1) is 13.9. The lowest BCUT2D eigenvalue weighted by atomic mass is 10.1. The van der Waals surface area contributed by atoms with Gasteiger partial charge in [-0.3, -0.25) is 9.59 Å². The van der Waals surface area contributed by atoms with Crippen LogP contribution < -0.4 is 5.32 Å². The van der Waals surface area contributed by atoms with Crippen LogP contribution in [0.2, 0.25) is 15.1 Å². The van der Waals surface area contributed by atoms with Crippen molar-refractivity contribution in [1.29, 1.82) is 0 Å². The molecule has 0 saturated carbocycles. The molecular weight excluding hydrogens is 449 g/mol. The summed E-state index contributed by atoms with van der Waals surface area (Å²) in [6.45, 7) is 0. The van der Waals surface area contributed by atoms with E-state index in [0.717, 1.165) is 10.5 Å². The highest BCUT2D eigenvalue weighted by Crippen LogP contribution is 2.26. The van der Waals surface area contributed by atoms with Crippen LogP contribution in [0.4, 0.5) is 5.69 Å². The van der Waals surface area contributed by atoms with E-state index in [2.05, 4.69) is 5.32 Å². The van der Waals surface area contributed by atoms with Gasteiger partial charge in [0.15, 0.2) is 5.78 Å². The van der Waals surface area contributed by atoms with Gasteiger partial charge in [0.1, 0.15) is 0 Å². The number of carbonyl (C=O) groups excluding carboxylic acids is 2. The molecule has 0 bridgehead atoms. The van der Waals surface area contributed by atoms with Crippen molar-refractivity contribution >= 4 is 63.9 Å². The minimum atomic E-state index is -0.126. The van der Waals surface area contributed by atoms with E-state index in [1.165, 1.54) is 11.8 Å². The number of halogens is 3. The summed E-state index contributed by atoms with van der Waals surface area (Å²) in [5.74, 6) is 0.0103. The number of hydrogen-bond donors (Lipinski definition) is 1. The van der Waals surface area contributed by atoms with Crippen molar-refractivity contribution in [3.63, 3.8) is 0 Å². The lowest BCUT2D eigenvalue weighted by molar-refractivity contribution is -0.115. The number of thioether (sulfide) groups is 1. The van der Waals surface area contributed by atoms with E-state index in [1.54, 1.807) is 30.3 Å². The maximum Gasteiger partial charge on any atom is 0.228 e. The van der Waals surface area contributed by atoms with Gasteiger partial charge < -0.3 is 5.32 Å². The summed E-state index contributed by atoms with van der Waals surface area (Å²) in [6.07, 6.45) is 0.252. The Morgan fingerprint density at radius 1 is 0.862 bits per heavy atom. The van der Waals surface area contributed by atoms with E-state index >= 15 is 0 Å². The highest BCUT2D eigenvalue weighted by Gasteiger charge is 2.12. The molecule has 0 aliphatic carbocycles. The predicted molar refractivity (Wildman–Crippen MR) is 122 cm³/mol. The Morgan fingerprint density at radius 2 is 1.59 bits per heavy atom. The average molecular weight is 465 g/mol. The zero-order valence-electron chi connectivity index (χ0n) is 15.1. The SMILES string of the molecule is O=C(Cc1ccc(Cl)cc1)Nc1cccc(SCC(=O)c2ccc(Cl)cc2Cl)c1. The molecule has 0 aromatic heterocycles. The third kappa shape index (κ3) is 6.51. The molecule has 0 radical (unpaired) electrons. The van der Waals surface area contributed by atoms with Crippen molar-refractivity contribution in [2.45, 2.75) is 11.3 Å². The van der Waals surface area contributed by atoms with Gasteiger partial charge in [-0.2, -0.15) is 0 Å². The minimum absolute atomic E-state index is 0.0890. The number of rotatable bonds is 7. The van der Waals surface area contributed by atoms with Crippen LogP contribution in [0.5, 0.6) is 0 Å². The number of anilines is 1. The van der Waals surface area contributed by atoms with Crippen LogP contribution in [0.3, 0.4) is 0 Å². The van der Waals surface area contributed by atoms with Crippen LogP contribution in [0.25, 0.3) is 0 Å². The standard InChI is InChI=1S/C22H16Cl3NO2S/c23-15-6-4-14(5-7-15)10-22(28)26-17-2-1-3-18(12-17)29-13-21(27)19-9-8-16(24)11-20(19)25/h1-9,11-12H,10,13H2,(H,26,28). The molecule has 3 aromatic carbocycles. The predicted octanol–water partition coefficient (Wildman–Crippen LogP) is 6.80. The number of ketones is 1. The van der Waals surface area contributed by atoms with Crippen molar-refractivity contribution in [3.05, 3.63) is 92.9 Å². The molecule has 0 heterocycles. The fourth-order valence-electron chi connectivity index (χ4n) is 2.60. The molecule has 29 heavy (non-hydrogen) atoms. The molecule has 1 amide bonds. The Morgan fingerprint density at radius 3 is 2.31 bits per heavy atom. The molecule has 148 valence electrons. The Kier molecular flexibility index (Phi) is 7.62. The molecule has 0 aliphatic rings. The normalized spacial score (nSPS) is 10.6. The fourth-order valence-corrected chi connectivity index (χ4v) is 4.08. The number of hydrogen-bond acceptors (Lipinski definition) is 3. The van der Waals surface area contributed by atoms with Crippen LogP contribution in [0, 0.1) is 0 Å². The van der Waals surface area contributed by atoms with E-state index in [9.17, 15) is 9.59 Å². The Hall–Kier alpha value is -1.98. The molecule has 3 nitrogen and oxygen atoms in total. The lowest BCUT2D eigenvalue weighted by Gasteiger charge is -2.08. The zero-order valence-corrected chi connectivity index (χ0v) is 18.2. The Bertz CT molecular complexity index is 1040. The van der Waals surface area contributed by atoms with Gasteiger partial charge in [0.05, 0.1) is 17.2 Å². The van der Waals surface area contributed by atoms with Gasteiger partial charge in [-0.1, -0.05) is 53.0 Å². The van der Waals surface area contributed by atoms with E-state index in [0.29, 0.717) is 26.3 Å². The molecule has 3 aromatic rings. The first-order valence-electron chi connectivity index (χ1n) is 8.66. The third-order valence-corrected chi connectivity index (χ3v) is 5.79. The number of carbonyl (C=O) groups is 2. The van der Waals surface area contributed by atoms with Crippen LogP contribution in [0.15, 0.2) is 71.6 Å². The smallest absolute Gasteiger partial charge is 0.228 e. The van der Waals surface area contributed by atoms with E-state index in [4.69, 9.17) is 34.8 Å². The summed E-state index contributed by atoms with van der Waals surface area (Å²) in [5, 5.41) is 4.33. The average Bonchev–Trinajstić information content (AvgIpc) is 2.68. The molecule has 0 saturated heterocycles. The summed E-state index contributed by atoms with van der Waals surface area (Å²) < 4.78 is 0. The van der Waals surface area contributed by atoms with Crippen LogP contribution in [-0.2, 0) is 11.2 Å². The first kappa shape index (κ1) is 21.7. The quantitative estimate of drug-likeness (QED) is 0.309. The molecule has 3 rings (SSSR count). The maximum atomic E-state index is 12.4. The Balaban J connectivity index is 1.58. The van der Waals surface area contributed by atoms with Gasteiger partial charge in [0, 0.05) is 26.2 Å². The van der Waals surface area contributed by atoms with Crippen LogP contribution in [-0.4, -0.2) is 17.4 Å². The monoisotopic (exact) mass is 463 g/mol. The third-order valence-electron chi connectivity index (χ3n) is 4.00. The largest absolute Gasteiger partial charge is 0.326 e. The van der Waals surface area contributed by atoms with Gasteiger partial charge in [0.2, 0.25) is 5.91 Å². The van der Waals surface area contributed by atoms with Crippen LogP contribution in [0.1, 0.15) is 15.9 Å². The molecule has 0 aliphatic heterocycles. The van der Waals surface area contributed by atoms with Crippen molar-refractivity contribution < 1.29 is 9.59 Å². The molecule has 0 fully saturated rings. The fraction of sp³-hybridized carbons (Fsp3) is 0.0909. The number of nitrogens with one attached hydrogen (secondary N) is 1. The van der Waals surface area contributed by atoms with Crippen molar-refractivity contribution in [1.82, 2.24) is 0 Å². The molecule has 0 unspecified atom stereocenters. The second-order valence-electron chi connectivity index (χ2n) is 6.22. The van der Waals surface area contributed by atoms with Crippen molar-refractivity contribution in [2.24, 2.45) is 0 Å². The number of benzene rings is 3. The van der Waals surface area contributed by atoms with Crippen molar-refractivity contribution in [3.8, 4) is 0 Å². The summed E-state index contributed by atoms with van der Waals surface area (Å²) in [7, 11) is 0. The molecule has 7 heteroatoms. The van der Waals surface area contributed by atoms with Gasteiger partial charge >= 0.3 is 0 Å². The van der Waals surface area contributed by atoms with E-state index < -0.39 is 0 Å². The van der Waals surface area contributed by atoms with Crippen molar-refractivity contribution in [2.75, 3.05) is 11.1 Å². The molecule has 1 N–H and O–H groups in total. The Labute approximate surface area is 188 Å². The number of amides is 1. The van der Waals surface area contributed by atoms with Gasteiger partial charge in [-0.15, -0.1) is 11.8 Å². The van der Waals surface area contributed by atoms with Gasteiger partial charge in [0.25, 0.3) is 0 Å². The second kappa shape index (κ2) is 10.2. The summed E-state index contributed by atoms with van der Waals surface area (Å²) >= 11 is 19.2. The summed E-state index contributed by atoms with van der Waals surface area (Å²) in [6, 6.07) is 19.3. The second-order valence-corrected chi connectivity index (χ2v) is 8.54. The summed E-state index contributed by atoms with van der Waals surface area (Å²) in [4.78, 5) is 25.5. The van der Waals surface area contributed by atoms with Gasteiger partial charge in [-0.05, 0) is 54.1 Å². The van der Waals surface area contributed by atoms with E-state index in [1.807, 2.05) is 36.4 Å². The summed E-state index contributed by atoms with van der Waals surface area (Å²) in [5.41, 5.74) is 1.99. The lowest BCUT2D eigenvalue weighted by Crippen LogP contribution is -2.14. The zero-order chi connectivity index (χ0) is 20.8. The van der Waals surface area contributed by atoms with Gasteiger partial charge in [-0.25, -0.2) is 0 Å².